The summed E-state index contributed by atoms with van der Waals surface area (Å²) in [5.74, 6) is 6.00. The van der Waals surface area contributed by atoms with Crippen LogP contribution in [0.4, 0.5) is 5.95 Å². The van der Waals surface area contributed by atoms with Gasteiger partial charge in [0.15, 0.2) is 5.65 Å². The second-order valence-corrected chi connectivity index (χ2v) is 3.45. The highest BCUT2D eigenvalue weighted by atomic mass is 79.9. The molecule has 13 heavy (non-hydrogen) atoms. The van der Waals surface area contributed by atoms with Gasteiger partial charge in [0.2, 0.25) is 0 Å². The Balaban J connectivity index is 2.68. The van der Waals surface area contributed by atoms with Gasteiger partial charge < -0.3 is 0 Å². The summed E-state index contributed by atoms with van der Waals surface area (Å²) < 4.78 is 2.53. The van der Waals surface area contributed by atoms with Gasteiger partial charge in [0.25, 0.3) is 5.95 Å². The van der Waals surface area contributed by atoms with Crippen molar-refractivity contribution in [3.63, 3.8) is 0 Å². The molecule has 0 saturated heterocycles. The van der Waals surface area contributed by atoms with Gasteiger partial charge in [0.05, 0.1) is 0 Å². The molecule has 0 atom stereocenters. The quantitative estimate of drug-likeness (QED) is 0.456. The van der Waals surface area contributed by atoms with Crippen LogP contribution in [0.15, 0.2) is 22.8 Å². The molecular formula is C7H8BrN5. The molecule has 0 aliphatic rings. The minimum atomic E-state index is 0.493. The lowest BCUT2D eigenvalue weighted by Gasteiger charge is -2.02. The topological polar surface area (TPSA) is 59.5 Å². The van der Waals surface area contributed by atoms with E-state index in [1.54, 1.807) is 11.6 Å². The molecule has 2 N–H and O–H groups in total. The Morgan fingerprint density at radius 3 is 2.92 bits per heavy atom. The highest BCUT2D eigenvalue weighted by Gasteiger charge is 2.06. The summed E-state index contributed by atoms with van der Waals surface area (Å²) in [6.07, 6.45) is 0. The van der Waals surface area contributed by atoms with Crippen molar-refractivity contribution in [3.8, 4) is 0 Å². The summed E-state index contributed by atoms with van der Waals surface area (Å²) in [7, 11) is 1.70. The van der Waals surface area contributed by atoms with Gasteiger partial charge in [-0.25, -0.2) is 10.4 Å². The molecule has 0 radical (unpaired) electrons. The Labute approximate surface area is 83.3 Å². The molecule has 0 aromatic carbocycles. The number of pyridine rings is 1. The lowest BCUT2D eigenvalue weighted by Crippen LogP contribution is -2.26. The number of rotatable bonds is 1. The number of nitrogens with two attached hydrogens (primary N) is 1. The van der Waals surface area contributed by atoms with E-state index in [2.05, 4.69) is 26.0 Å². The van der Waals surface area contributed by atoms with Crippen molar-refractivity contribution in [2.24, 2.45) is 5.84 Å². The van der Waals surface area contributed by atoms with E-state index in [4.69, 9.17) is 5.84 Å². The van der Waals surface area contributed by atoms with E-state index < -0.39 is 0 Å². The van der Waals surface area contributed by atoms with Gasteiger partial charge in [0.1, 0.15) is 4.60 Å². The van der Waals surface area contributed by atoms with Gasteiger partial charge in [0, 0.05) is 7.05 Å². The SMILES string of the molecule is CN(N)c1nc2cccc(Br)n2n1. The minimum Gasteiger partial charge on any atom is -0.281 e. The summed E-state index contributed by atoms with van der Waals surface area (Å²) in [6, 6.07) is 5.65. The lowest BCUT2D eigenvalue weighted by molar-refractivity contribution is 0.882. The van der Waals surface area contributed by atoms with Crippen LogP contribution in [-0.4, -0.2) is 21.6 Å². The first-order chi connectivity index (χ1) is 6.18. The minimum absolute atomic E-state index is 0.493. The van der Waals surface area contributed by atoms with Gasteiger partial charge in [-0.2, -0.15) is 4.98 Å². The number of anilines is 1. The molecule has 2 heterocycles. The number of hydrazine groups is 1. The molecule has 0 spiro atoms. The maximum atomic E-state index is 5.51. The summed E-state index contributed by atoms with van der Waals surface area (Å²) in [5, 5.41) is 5.55. The zero-order valence-corrected chi connectivity index (χ0v) is 8.56. The molecule has 0 bridgehead atoms. The normalized spacial score (nSPS) is 10.7. The average molecular weight is 242 g/mol. The standard InChI is InChI=1S/C7H8BrN5/c1-12(9)7-10-6-4-2-3-5(8)13(6)11-7/h2-4H,9H2,1H3. The Morgan fingerprint density at radius 1 is 1.54 bits per heavy atom. The number of hydrogen-bond donors (Lipinski definition) is 1. The van der Waals surface area contributed by atoms with E-state index in [1.165, 1.54) is 5.01 Å². The molecule has 6 heteroatoms. The third kappa shape index (κ3) is 1.38. The molecule has 2 aromatic heterocycles. The number of aromatic nitrogens is 3. The highest BCUT2D eigenvalue weighted by Crippen LogP contribution is 2.13. The average Bonchev–Trinajstić information content (AvgIpc) is 2.49. The maximum absolute atomic E-state index is 5.51. The molecule has 0 fully saturated rings. The zero-order valence-electron chi connectivity index (χ0n) is 6.98. The first-order valence-electron chi connectivity index (χ1n) is 3.68. The molecule has 0 saturated carbocycles. The maximum Gasteiger partial charge on any atom is 0.259 e. The molecule has 0 amide bonds. The van der Waals surface area contributed by atoms with Crippen molar-refractivity contribution in [3.05, 3.63) is 22.8 Å². The molecule has 0 aliphatic carbocycles. The fourth-order valence-electron chi connectivity index (χ4n) is 1.01. The summed E-state index contributed by atoms with van der Waals surface area (Å²) in [6.45, 7) is 0. The van der Waals surface area contributed by atoms with Gasteiger partial charge in [-0.15, -0.1) is 5.10 Å². The van der Waals surface area contributed by atoms with Crippen LogP contribution in [-0.2, 0) is 0 Å². The van der Waals surface area contributed by atoms with E-state index in [-0.39, 0.29) is 0 Å². The van der Waals surface area contributed by atoms with Crippen LogP contribution in [0.3, 0.4) is 0 Å². The zero-order chi connectivity index (χ0) is 9.42. The van der Waals surface area contributed by atoms with Crippen LogP contribution in [0, 0.1) is 0 Å². The fraction of sp³-hybridized carbons (Fsp3) is 0.143. The molecule has 5 nitrogen and oxygen atoms in total. The van der Waals surface area contributed by atoms with Gasteiger partial charge in [-0.1, -0.05) is 6.07 Å². The third-order valence-electron chi connectivity index (χ3n) is 1.62. The van der Waals surface area contributed by atoms with Crippen LogP contribution in [0.2, 0.25) is 0 Å². The van der Waals surface area contributed by atoms with E-state index in [0.29, 0.717) is 5.95 Å². The molecule has 2 aromatic rings. The van der Waals surface area contributed by atoms with E-state index in [1.807, 2.05) is 18.2 Å². The monoisotopic (exact) mass is 241 g/mol. The van der Waals surface area contributed by atoms with E-state index in [0.717, 1.165) is 10.3 Å². The molecule has 2 rings (SSSR count). The number of halogens is 1. The fourth-order valence-corrected chi connectivity index (χ4v) is 1.43. The van der Waals surface area contributed by atoms with Crippen molar-refractivity contribution in [1.29, 1.82) is 0 Å². The molecule has 68 valence electrons. The first-order valence-corrected chi connectivity index (χ1v) is 4.47. The number of fused-ring (bicyclic) bond motifs is 1. The van der Waals surface area contributed by atoms with Crippen LogP contribution in [0.25, 0.3) is 5.65 Å². The second kappa shape index (κ2) is 2.97. The van der Waals surface area contributed by atoms with Crippen molar-refractivity contribution in [2.75, 3.05) is 12.1 Å². The molecule has 0 aliphatic heterocycles. The Morgan fingerprint density at radius 2 is 2.31 bits per heavy atom. The number of nitrogens with zero attached hydrogens (tertiary/aromatic N) is 4. The number of hydrogen-bond acceptors (Lipinski definition) is 4. The first kappa shape index (κ1) is 8.46. The third-order valence-corrected chi connectivity index (χ3v) is 2.22. The Bertz CT molecular complexity index is 435. The van der Waals surface area contributed by atoms with Gasteiger partial charge >= 0.3 is 0 Å². The summed E-state index contributed by atoms with van der Waals surface area (Å²) in [5.41, 5.74) is 0.765. The van der Waals surface area contributed by atoms with Gasteiger partial charge in [-0.05, 0) is 28.1 Å². The predicted octanol–water partition coefficient (Wildman–Crippen LogP) is 0.802. The van der Waals surface area contributed by atoms with Gasteiger partial charge in [-0.3, -0.25) is 5.01 Å². The van der Waals surface area contributed by atoms with Crippen LogP contribution >= 0.6 is 15.9 Å². The van der Waals surface area contributed by atoms with Crippen LogP contribution < -0.4 is 10.9 Å². The summed E-state index contributed by atoms with van der Waals surface area (Å²) >= 11 is 3.36. The largest absolute Gasteiger partial charge is 0.281 e. The van der Waals surface area contributed by atoms with Crippen LogP contribution in [0.1, 0.15) is 0 Å². The van der Waals surface area contributed by atoms with E-state index in [9.17, 15) is 0 Å². The smallest absolute Gasteiger partial charge is 0.259 e. The summed E-state index contributed by atoms with van der Waals surface area (Å²) in [4.78, 5) is 4.20. The van der Waals surface area contributed by atoms with Crippen molar-refractivity contribution >= 4 is 27.5 Å². The molecule has 0 unspecified atom stereocenters. The lowest BCUT2D eigenvalue weighted by atomic mass is 10.5. The molecular weight excluding hydrogens is 234 g/mol. The van der Waals surface area contributed by atoms with Crippen molar-refractivity contribution in [1.82, 2.24) is 14.6 Å². The predicted molar refractivity (Wildman–Crippen MR) is 53.3 cm³/mol. The Hall–Kier alpha value is -1.14. The van der Waals surface area contributed by atoms with Crippen molar-refractivity contribution in [2.45, 2.75) is 0 Å². The van der Waals surface area contributed by atoms with Crippen LogP contribution in [0.5, 0.6) is 0 Å². The second-order valence-electron chi connectivity index (χ2n) is 2.64. The van der Waals surface area contributed by atoms with Crippen molar-refractivity contribution < 1.29 is 0 Å². The Kier molecular flexibility index (Phi) is 1.93. The highest BCUT2D eigenvalue weighted by molar-refractivity contribution is 9.10. The van der Waals surface area contributed by atoms with E-state index >= 15 is 0 Å².